The van der Waals surface area contributed by atoms with E-state index in [1.807, 2.05) is 48.2 Å². The van der Waals surface area contributed by atoms with E-state index in [0.717, 1.165) is 5.69 Å². The van der Waals surface area contributed by atoms with Crippen molar-refractivity contribution < 1.29 is 9.59 Å². The molecule has 0 spiro atoms. The lowest BCUT2D eigenvalue weighted by atomic mass is 9.95. The smallest absolute Gasteiger partial charge is 0.247 e. The summed E-state index contributed by atoms with van der Waals surface area (Å²) in [6, 6.07) is 11.0. The average Bonchev–Trinajstić information content (AvgIpc) is 3.16. The van der Waals surface area contributed by atoms with Gasteiger partial charge in [-0.1, -0.05) is 18.2 Å². The van der Waals surface area contributed by atoms with Crippen molar-refractivity contribution >= 4 is 17.5 Å². The Morgan fingerprint density at radius 2 is 1.88 bits per heavy atom. The van der Waals surface area contributed by atoms with Crippen LogP contribution in [-0.2, 0) is 9.59 Å². The Bertz CT molecular complexity index is 676. The molecule has 0 aliphatic carbocycles. The summed E-state index contributed by atoms with van der Waals surface area (Å²) in [5.41, 5.74) is 0.813. The first-order valence-electron chi connectivity index (χ1n) is 8.29. The minimum Gasteiger partial charge on any atom is -0.341 e. The third-order valence-electron chi connectivity index (χ3n) is 4.50. The predicted octanol–water partition coefficient (Wildman–Crippen LogP) is 2.32. The Balaban J connectivity index is 1.52. The molecule has 1 aliphatic heterocycles. The maximum absolute atomic E-state index is 12.5. The molecule has 126 valence electrons. The van der Waals surface area contributed by atoms with Gasteiger partial charge in [-0.05, 0) is 38.0 Å². The molecular formula is C18H22N4O2. The molecule has 0 bridgehead atoms. The zero-order valence-corrected chi connectivity index (χ0v) is 13.8. The first-order valence-corrected chi connectivity index (χ1v) is 8.29. The predicted molar refractivity (Wildman–Crippen MR) is 91.3 cm³/mol. The fourth-order valence-electron chi connectivity index (χ4n) is 3.01. The quantitative estimate of drug-likeness (QED) is 0.937. The van der Waals surface area contributed by atoms with Crippen LogP contribution in [0.5, 0.6) is 0 Å². The maximum atomic E-state index is 12.5. The number of amides is 2. The van der Waals surface area contributed by atoms with Crippen molar-refractivity contribution in [2.24, 2.45) is 5.92 Å². The Kier molecular flexibility index (Phi) is 4.93. The zero-order chi connectivity index (χ0) is 16.9. The van der Waals surface area contributed by atoms with Gasteiger partial charge in [0.2, 0.25) is 11.8 Å². The summed E-state index contributed by atoms with van der Waals surface area (Å²) >= 11 is 0. The number of aromatic nitrogens is 2. The van der Waals surface area contributed by atoms with Gasteiger partial charge in [-0.2, -0.15) is 5.10 Å². The minimum absolute atomic E-state index is 0.0356. The zero-order valence-electron chi connectivity index (χ0n) is 13.8. The molecule has 1 fully saturated rings. The standard InChI is InChI=1S/C18H22N4O2/c1-14(22-11-5-10-19-22)18(24)21-12-8-15(9-13-21)17(23)20-16-6-3-2-4-7-16/h2-7,10-11,14-15H,8-9,12-13H2,1H3,(H,20,23). The second kappa shape index (κ2) is 7.29. The molecule has 6 heteroatoms. The molecular weight excluding hydrogens is 304 g/mol. The molecule has 24 heavy (non-hydrogen) atoms. The summed E-state index contributed by atoms with van der Waals surface area (Å²) in [4.78, 5) is 26.7. The fraction of sp³-hybridized carbons (Fsp3) is 0.389. The van der Waals surface area contributed by atoms with E-state index in [9.17, 15) is 9.59 Å². The highest BCUT2D eigenvalue weighted by Gasteiger charge is 2.29. The van der Waals surface area contributed by atoms with Gasteiger partial charge in [-0.3, -0.25) is 14.3 Å². The topological polar surface area (TPSA) is 67.2 Å². The van der Waals surface area contributed by atoms with E-state index in [4.69, 9.17) is 0 Å². The lowest BCUT2D eigenvalue weighted by Crippen LogP contribution is -2.44. The van der Waals surface area contributed by atoms with Crippen molar-refractivity contribution in [1.29, 1.82) is 0 Å². The summed E-state index contributed by atoms with van der Waals surface area (Å²) in [6.07, 6.45) is 4.85. The molecule has 1 atom stereocenters. The van der Waals surface area contributed by atoms with Crippen LogP contribution in [0, 0.1) is 5.92 Å². The van der Waals surface area contributed by atoms with Gasteiger partial charge in [-0.15, -0.1) is 0 Å². The summed E-state index contributed by atoms with van der Waals surface area (Å²) in [5.74, 6) is 0.0447. The molecule has 1 aliphatic rings. The lowest BCUT2D eigenvalue weighted by molar-refractivity contribution is -0.137. The van der Waals surface area contributed by atoms with Crippen molar-refractivity contribution in [2.75, 3.05) is 18.4 Å². The Labute approximate surface area is 141 Å². The van der Waals surface area contributed by atoms with Gasteiger partial charge in [0, 0.05) is 37.1 Å². The van der Waals surface area contributed by atoms with Gasteiger partial charge < -0.3 is 10.2 Å². The number of para-hydroxylation sites is 1. The Morgan fingerprint density at radius 1 is 1.17 bits per heavy atom. The average molecular weight is 326 g/mol. The molecule has 1 saturated heterocycles. The number of nitrogens with zero attached hydrogens (tertiary/aromatic N) is 3. The molecule has 1 aromatic carbocycles. The number of hydrogen-bond donors (Lipinski definition) is 1. The highest BCUT2D eigenvalue weighted by molar-refractivity contribution is 5.92. The van der Waals surface area contributed by atoms with Crippen LogP contribution in [0.1, 0.15) is 25.8 Å². The van der Waals surface area contributed by atoms with E-state index in [2.05, 4.69) is 10.4 Å². The lowest BCUT2D eigenvalue weighted by Gasteiger charge is -2.33. The van der Waals surface area contributed by atoms with Crippen molar-refractivity contribution in [3.8, 4) is 0 Å². The molecule has 0 radical (unpaired) electrons. The van der Waals surface area contributed by atoms with Crippen molar-refractivity contribution in [3.63, 3.8) is 0 Å². The van der Waals surface area contributed by atoms with E-state index in [1.165, 1.54) is 0 Å². The Morgan fingerprint density at radius 3 is 2.50 bits per heavy atom. The first-order chi connectivity index (χ1) is 11.6. The van der Waals surface area contributed by atoms with Crippen LogP contribution in [0.25, 0.3) is 0 Å². The van der Waals surface area contributed by atoms with Gasteiger partial charge in [0.05, 0.1) is 0 Å². The second-order valence-corrected chi connectivity index (χ2v) is 6.12. The summed E-state index contributed by atoms with van der Waals surface area (Å²) in [5, 5.41) is 7.07. The van der Waals surface area contributed by atoms with E-state index in [1.54, 1.807) is 17.1 Å². The van der Waals surface area contributed by atoms with Gasteiger partial charge in [0.15, 0.2) is 0 Å². The van der Waals surface area contributed by atoms with Crippen molar-refractivity contribution in [3.05, 3.63) is 48.8 Å². The molecule has 2 amide bonds. The summed E-state index contributed by atoms with van der Waals surface area (Å²) in [6.45, 7) is 3.07. The number of hydrogen-bond acceptors (Lipinski definition) is 3. The molecule has 2 aromatic rings. The third-order valence-corrected chi connectivity index (χ3v) is 4.50. The number of piperidine rings is 1. The molecule has 1 unspecified atom stereocenters. The number of rotatable bonds is 4. The highest BCUT2D eigenvalue weighted by Crippen LogP contribution is 2.21. The number of carbonyl (C=O) groups excluding carboxylic acids is 2. The summed E-state index contributed by atoms with van der Waals surface area (Å²) < 4.78 is 1.66. The van der Waals surface area contributed by atoms with E-state index < -0.39 is 0 Å². The molecule has 1 aromatic heterocycles. The van der Waals surface area contributed by atoms with Crippen LogP contribution in [0.4, 0.5) is 5.69 Å². The Hall–Kier alpha value is -2.63. The van der Waals surface area contributed by atoms with Crippen molar-refractivity contribution in [2.45, 2.75) is 25.8 Å². The van der Waals surface area contributed by atoms with Gasteiger partial charge in [0.25, 0.3) is 0 Å². The monoisotopic (exact) mass is 326 g/mol. The van der Waals surface area contributed by atoms with Gasteiger partial charge in [-0.25, -0.2) is 0 Å². The molecule has 0 saturated carbocycles. The molecule has 1 N–H and O–H groups in total. The molecule has 2 heterocycles. The number of anilines is 1. The SMILES string of the molecule is CC(C(=O)N1CCC(C(=O)Nc2ccccc2)CC1)n1cccn1. The number of carbonyl (C=O) groups is 2. The van der Waals surface area contributed by atoms with E-state index in [0.29, 0.717) is 25.9 Å². The summed E-state index contributed by atoms with van der Waals surface area (Å²) in [7, 11) is 0. The maximum Gasteiger partial charge on any atom is 0.247 e. The molecule has 3 rings (SSSR count). The van der Waals surface area contributed by atoms with Crippen LogP contribution >= 0.6 is 0 Å². The third kappa shape index (κ3) is 3.64. The second-order valence-electron chi connectivity index (χ2n) is 6.12. The van der Waals surface area contributed by atoms with Gasteiger partial charge >= 0.3 is 0 Å². The number of likely N-dealkylation sites (tertiary alicyclic amines) is 1. The van der Waals surface area contributed by atoms with Gasteiger partial charge in [0.1, 0.15) is 6.04 Å². The van der Waals surface area contributed by atoms with Crippen LogP contribution in [0.3, 0.4) is 0 Å². The van der Waals surface area contributed by atoms with Crippen LogP contribution in [0.2, 0.25) is 0 Å². The van der Waals surface area contributed by atoms with Crippen LogP contribution in [0.15, 0.2) is 48.8 Å². The number of nitrogens with one attached hydrogen (secondary N) is 1. The fourth-order valence-corrected chi connectivity index (χ4v) is 3.01. The minimum atomic E-state index is -0.310. The van der Waals surface area contributed by atoms with E-state index in [-0.39, 0.29) is 23.8 Å². The molecule has 6 nitrogen and oxygen atoms in total. The highest BCUT2D eigenvalue weighted by atomic mass is 16.2. The van der Waals surface area contributed by atoms with Crippen LogP contribution < -0.4 is 5.32 Å². The van der Waals surface area contributed by atoms with Crippen molar-refractivity contribution in [1.82, 2.24) is 14.7 Å². The largest absolute Gasteiger partial charge is 0.341 e. The van der Waals surface area contributed by atoms with E-state index >= 15 is 0 Å². The van der Waals surface area contributed by atoms with Crippen LogP contribution in [-0.4, -0.2) is 39.6 Å². The normalized spacial score (nSPS) is 16.6. The number of benzene rings is 1. The first kappa shape index (κ1) is 16.2.